The fraction of sp³-hybridized carbons (Fsp3) is 0.833. The van der Waals surface area contributed by atoms with Crippen molar-refractivity contribution in [3.63, 3.8) is 0 Å². The molecule has 1 saturated carbocycles. The van der Waals surface area contributed by atoms with Crippen LogP contribution >= 0.6 is 0 Å². The molecule has 0 bridgehead atoms. The number of nitrogens with one attached hydrogen (secondary N) is 1. The van der Waals surface area contributed by atoms with E-state index in [4.69, 9.17) is 0 Å². The van der Waals surface area contributed by atoms with Crippen molar-refractivity contribution < 1.29 is 9.59 Å². The molecule has 15 heavy (non-hydrogen) atoms. The summed E-state index contributed by atoms with van der Waals surface area (Å²) in [6.45, 7) is 9.12. The highest BCUT2D eigenvalue weighted by molar-refractivity contribution is 5.94. The molecule has 3 nitrogen and oxygen atoms in total. The first-order chi connectivity index (χ1) is 7.03. The Morgan fingerprint density at radius 2 is 1.87 bits per heavy atom. The van der Waals surface area contributed by atoms with Crippen LogP contribution in [0.25, 0.3) is 0 Å². The molecule has 0 saturated heterocycles. The van der Waals surface area contributed by atoms with E-state index >= 15 is 0 Å². The van der Waals surface area contributed by atoms with Crippen molar-refractivity contribution in [2.75, 3.05) is 0 Å². The molecule has 0 radical (unpaired) electrons. The third-order valence-corrected chi connectivity index (χ3v) is 2.77. The van der Waals surface area contributed by atoms with E-state index in [2.05, 4.69) is 12.2 Å². The minimum Gasteiger partial charge on any atom is -0.344 e. The quantitative estimate of drug-likeness (QED) is 0.779. The van der Waals surface area contributed by atoms with Gasteiger partial charge in [-0.3, -0.25) is 9.59 Å². The molecule has 1 fully saturated rings. The van der Waals surface area contributed by atoms with E-state index in [1.807, 2.05) is 13.8 Å². The van der Waals surface area contributed by atoms with Gasteiger partial charge in [0.15, 0.2) is 5.78 Å². The van der Waals surface area contributed by atoms with Gasteiger partial charge in [0.05, 0.1) is 0 Å². The molecule has 3 heteroatoms. The summed E-state index contributed by atoms with van der Waals surface area (Å²) < 4.78 is 0. The fourth-order valence-electron chi connectivity index (χ4n) is 2.01. The van der Waals surface area contributed by atoms with E-state index in [9.17, 15) is 9.59 Å². The van der Waals surface area contributed by atoms with Gasteiger partial charge < -0.3 is 5.32 Å². The molecule has 88 valence electrons. The summed E-state index contributed by atoms with van der Waals surface area (Å²) in [5, 5.41) is 2.78. The van der Waals surface area contributed by atoms with E-state index in [0.717, 1.165) is 19.3 Å². The van der Waals surface area contributed by atoms with E-state index < -0.39 is 5.54 Å². The lowest BCUT2D eigenvalue weighted by atomic mass is 10.1. The lowest BCUT2D eigenvalue weighted by molar-refractivity contribution is -0.127. The number of carbonyl (C=O) groups is 2. The summed E-state index contributed by atoms with van der Waals surface area (Å²) in [7, 11) is 0. The normalized spacial score (nSPS) is 27.4. The van der Waals surface area contributed by atoms with Crippen molar-refractivity contribution >= 4 is 11.7 Å². The second kappa shape index (κ2) is 5.89. The number of carbonyl (C=O) groups excluding carboxylic acids is 2. The Balaban J connectivity index is 0.000000921. The number of ketones is 1. The van der Waals surface area contributed by atoms with Gasteiger partial charge in [0.25, 0.3) is 0 Å². The highest BCUT2D eigenvalue weighted by atomic mass is 16.2. The average molecular weight is 213 g/mol. The third kappa shape index (κ3) is 3.33. The molecule has 0 aromatic rings. The second-order valence-electron chi connectivity index (χ2n) is 3.90. The van der Waals surface area contributed by atoms with Crippen LogP contribution in [0.4, 0.5) is 0 Å². The van der Waals surface area contributed by atoms with Gasteiger partial charge in [-0.15, -0.1) is 0 Å². The smallest absolute Gasteiger partial charge is 0.217 e. The number of hydrogen-bond donors (Lipinski definition) is 1. The summed E-state index contributed by atoms with van der Waals surface area (Å²) in [6.07, 6.45) is 2.93. The molecule has 1 amide bonds. The van der Waals surface area contributed by atoms with E-state index in [1.54, 1.807) is 6.92 Å². The number of amides is 1. The van der Waals surface area contributed by atoms with Gasteiger partial charge in [-0.2, -0.15) is 0 Å². The molecule has 0 aromatic carbocycles. The highest BCUT2D eigenvalue weighted by Gasteiger charge is 2.57. The molecule has 0 heterocycles. The number of Topliss-reactive ketones (excluding diaryl/α,β-unsaturated/α-hetero) is 1. The van der Waals surface area contributed by atoms with Crippen LogP contribution in [0.2, 0.25) is 0 Å². The minimum atomic E-state index is -0.498. The maximum atomic E-state index is 11.3. The zero-order valence-corrected chi connectivity index (χ0v) is 10.5. The number of hydrogen-bond acceptors (Lipinski definition) is 2. The Morgan fingerprint density at radius 1 is 1.33 bits per heavy atom. The Hall–Kier alpha value is -0.860. The molecule has 1 aliphatic rings. The lowest BCUT2D eigenvalue weighted by Crippen LogP contribution is -2.42. The summed E-state index contributed by atoms with van der Waals surface area (Å²) in [4.78, 5) is 22.2. The SMILES string of the molecule is CC.CCC[C@@H]1CC1(NC(C)=O)C(C)=O. The van der Waals surface area contributed by atoms with Gasteiger partial charge in [-0.25, -0.2) is 0 Å². The first-order valence-electron chi connectivity index (χ1n) is 5.82. The first-order valence-corrected chi connectivity index (χ1v) is 5.82. The van der Waals surface area contributed by atoms with Gasteiger partial charge in [-0.1, -0.05) is 27.2 Å². The van der Waals surface area contributed by atoms with Gasteiger partial charge in [0.1, 0.15) is 5.54 Å². The summed E-state index contributed by atoms with van der Waals surface area (Å²) in [5.41, 5.74) is -0.498. The zero-order chi connectivity index (χ0) is 12.1. The Labute approximate surface area is 92.6 Å². The highest BCUT2D eigenvalue weighted by Crippen LogP contribution is 2.47. The maximum absolute atomic E-state index is 11.3. The van der Waals surface area contributed by atoms with Gasteiger partial charge in [0.2, 0.25) is 5.91 Å². The van der Waals surface area contributed by atoms with Crippen LogP contribution in [0.5, 0.6) is 0 Å². The van der Waals surface area contributed by atoms with Crippen molar-refractivity contribution in [2.24, 2.45) is 5.92 Å². The standard InChI is InChI=1S/C10H17NO2.C2H6/c1-4-5-9-6-10(9,7(2)12)11-8(3)13;1-2/h9H,4-6H2,1-3H3,(H,11,13);1-2H3/t9-,10?;/m1./s1. The van der Waals surface area contributed by atoms with Gasteiger partial charge >= 0.3 is 0 Å². The topological polar surface area (TPSA) is 46.2 Å². The maximum Gasteiger partial charge on any atom is 0.217 e. The Bertz CT molecular complexity index is 238. The predicted octanol–water partition coefficient (Wildman–Crippen LogP) is 2.30. The minimum absolute atomic E-state index is 0.0983. The van der Waals surface area contributed by atoms with Crippen LogP contribution in [0, 0.1) is 5.92 Å². The molecule has 1 rings (SSSR count). The molecular formula is C12H23NO2. The molecular weight excluding hydrogens is 190 g/mol. The van der Waals surface area contributed by atoms with Crippen LogP contribution in [0.1, 0.15) is 53.9 Å². The van der Waals surface area contributed by atoms with Crippen molar-refractivity contribution in [1.29, 1.82) is 0 Å². The van der Waals surface area contributed by atoms with Crippen molar-refractivity contribution in [2.45, 2.75) is 59.4 Å². The van der Waals surface area contributed by atoms with E-state index in [1.165, 1.54) is 6.92 Å². The van der Waals surface area contributed by atoms with Crippen LogP contribution in [0.15, 0.2) is 0 Å². The zero-order valence-electron chi connectivity index (χ0n) is 10.5. The van der Waals surface area contributed by atoms with Crippen molar-refractivity contribution in [3.8, 4) is 0 Å². The van der Waals surface area contributed by atoms with Crippen molar-refractivity contribution in [1.82, 2.24) is 5.32 Å². The summed E-state index contributed by atoms with van der Waals surface area (Å²) in [5.74, 6) is 0.369. The molecule has 2 atom stereocenters. The van der Waals surface area contributed by atoms with Gasteiger partial charge in [0, 0.05) is 6.92 Å². The molecule has 1 unspecified atom stereocenters. The largest absolute Gasteiger partial charge is 0.344 e. The molecule has 0 spiro atoms. The van der Waals surface area contributed by atoms with E-state index in [-0.39, 0.29) is 11.7 Å². The fourth-order valence-corrected chi connectivity index (χ4v) is 2.01. The summed E-state index contributed by atoms with van der Waals surface area (Å²) >= 11 is 0. The first kappa shape index (κ1) is 14.1. The predicted molar refractivity (Wildman–Crippen MR) is 61.6 cm³/mol. The Kier molecular flexibility index (Phi) is 5.55. The van der Waals surface area contributed by atoms with E-state index in [0.29, 0.717) is 5.92 Å². The average Bonchev–Trinajstić information content (AvgIpc) is 2.83. The summed E-state index contributed by atoms with van der Waals surface area (Å²) in [6, 6.07) is 0. The monoisotopic (exact) mass is 213 g/mol. The van der Waals surface area contributed by atoms with Crippen LogP contribution in [-0.2, 0) is 9.59 Å². The van der Waals surface area contributed by atoms with Crippen LogP contribution in [0.3, 0.4) is 0 Å². The van der Waals surface area contributed by atoms with Crippen LogP contribution in [-0.4, -0.2) is 17.2 Å². The molecule has 0 aromatic heterocycles. The molecule has 0 aliphatic heterocycles. The van der Waals surface area contributed by atoms with Gasteiger partial charge in [-0.05, 0) is 25.7 Å². The van der Waals surface area contributed by atoms with Crippen molar-refractivity contribution in [3.05, 3.63) is 0 Å². The Morgan fingerprint density at radius 3 is 2.20 bits per heavy atom. The number of rotatable bonds is 4. The third-order valence-electron chi connectivity index (χ3n) is 2.77. The lowest BCUT2D eigenvalue weighted by Gasteiger charge is -2.14. The van der Waals surface area contributed by atoms with Crippen LogP contribution < -0.4 is 5.32 Å². The molecule has 1 N–H and O–H groups in total. The molecule has 1 aliphatic carbocycles. The second-order valence-corrected chi connectivity index (χ2v) is 3.90.